The second kappa shape index (κ2) is 5.95. The minimum absolute atomic E-state index is 0.0207. The number of hydrogen-bond donors (Lipinski definition) is 1. The second-order valence-corrected chi connectivity index (χ2v) is 5.31. The zero-order valence-corrected chi connectivity index (χ0v) is 11.6. The fourth-order valence-corrected chi connectivity index (χ4v) is 2.43. The number of aromatic nitrogens is 1. The van der Waals surface area contributed by atoms with E-state index in [1.165, 1.54) is 6.07 Å². The molecule has 0 aliphatic heterocycles. The van der Waals surface area contributed by atoms with Crippen molar-refractivity contribution in [2.45, 2.75) is 31.9 Å². The van der Waals surface area contributed by atoms with Crippen molar-refractivity contribution in [2.75, 3.05) is 6.61 Å². The Morgan fingerprint density at radius 1 is 1.35 bits per heavy atom. The molecule has 110 valence electrons. The molecule has 0 aromatic carbocycles. The van der Waals surface area contributed by atoms with E-state index in [4.69, 9.17) is 22.7 Å². The number of halogens is 3. The third kappa shape index (κ3) is 3.59. The molecular formula is C13H15F3N2OS. The average Bonchev–Trinajstić information content (AvgIpc) is 2.87. The van der Waals surface area contributed by atoms with Crippen LogP contribution in [0.4, 0.5) is 13.2 Å². The van der Waals surface area contributed by atoms with Crippen molar-refractivity contribution in [1.82, 2.24) is 4.98 Å². The zero-order chi connectivity index (χ0) is 14.8. The fourth-order valence-electron chi connectivity index (χ4n) is 2.27. The molecule has 1 aliphatic carbocycles. The molecule has 1 saturated carbocycles. The standard InChI is InChI=1S/C13H15F3N2OS/c14-13(15,16)10-6-5-9(11(17)20)12(18-10)19-7-8-3-1-2-4-8/h5-6,8H,1-4,7H2,(H2,17,20). The van der Waals surface area contributed by atoms with Crippen LogP contribution in [-0.2, 0) is 6.18 Å². The predicted octanol–water partition coefficient (Wildman–Crippen LogP) is 3.30. The molecule has 0 radical (unpaired) electrons. The van der Waals surface area contributed by atoms with Gasteiger partial charge in [0.25, 0.3) is 0 Å². The summed E-state index contributed by atoms with van der Waals surface area (Å²) in [5, 5.41) is 0. The van der Waals surface area contributed by atoms with E-state index in [1.807, 2.05) is 0 Å². The van der Waals surface area contributed by atoms with Gasteiger partial charge in [0, 0.05) is 0 Å². The van der Waals surface area contributed by atoms with Gasteiger partial charge in [0.1, 0.15) is 10.7 Å². The number of nitrogens with zero attached hydrogens (tertiary/aromatic N) is 1. The summed E-state index contributed by atoms with van der Waals surface area (Å²) in [6.45, 7) is 0.351. The maximum atomic E-state index is 12.7. The van der Waals surface area contributed by atoms with Crippen LogP contribution in [0.1, 0.15) is 36.9 Å². The Bertz CT molecular complexity index is 499. The Hall–Kier alpha value is -1.37. The number of rotatable bonds is 4. The first-order valence-electron chi connectivity index (χ1n) is 6.39. The number of pyridine rings is 1. The number of thiocarbonyl (C=S) groups is 1. The third-order valence-corrected chi connectivity index (χ3v) is 3.57. The zero-order valence-electron chi connectivity index (χ0n) is 10.7. The lowest BCUT2D eigenvalue weighted by Gasteiger charge is -2.15. The minimum Gasteiger partial charge on any atom is -0.477 e. The van der Waals surface area contributed by atoms with Crippen molar-refractivity contribution in [3.8, 4) is 5.88 Å². The fraction of sp³-hybridized carbons (Fsp3) is 0.538. The van der Waals surface area contributed by atoms with Crippen molar-refractivity contribution in [1.29, 1.82) is 0 Å². The van der Waals surface area contributed by atoms with E-state index < -0.39 is 11.9 Å². The van der Waals surface area contributed by atoms with Crippen LogP contribution in [-0.4, -0.2) is 16.6 Å². The normalized spacial score (nSPS) is 16.4. The van der Waals surface area contributed by atoms with Crippen LogP contribution in [0.3, 0.4) is 0 Å². The first-order chi connectivity index (χ1) is 9.38. The predicted molar refractivity (Wildman–Crippen MR) is 72.6 cm³/mol. The van der Waals surface area contributed by atoms with Crippen LogP contribution in [0.2, 0.25) is 0 Å². The van der Waals surface area contributed by atoms with Crippen molar-refractivity contribution in [3.63, 3.8) is 0 Å². The van der Waals surface area contributed by atoms with Gasteiger partial charge in [0.2, 0.25) is 5.88 Å². The minimum atomic E-state index is -4.51. The molecule has 7 heteroatoms. The highest BCUT2D eigenvalue weighted by Gasteiger charge is 2.33. The lowest BCUT2D eigenvalue weighted by Crippen LogP contribution is -2.18. The number of nitrogens with two attached hydrogens (primary N) is 1. The van der Waals surface area contributed by atoms with Gasteiger partial charge in [-0.25, -0.2) is 4.98 Å². The molecular weight excluding hydrogens is 289 g/mol. The van der Waals surface area contributed by atoms with Crippen molar-refractivity contribution < 1.29 is 17.9 Å². The highest BCUT2D eigenvalue weighted by atomic mass is 32.1. The summed E-state index contributed by atoms with van der Waals surface area (Å²) < 4.78 is 43.4. The Morgan fingerprint density at radius 3 is 2.55 bits per heavy atom. The lowest BCUT2D eigenvalue weighted by atomic mass is 10.1. The van der Waals surface area contributed by atoms with E-state index >= 15 is 0 Å². The van der Waals surface area contributed by atoms with Crippen LogP contribution >= 0.6 is 12.2 Å². The molecule has 0 saturated heterocycles. The van der Waals surface area contributed by atoms with Gasteiger partial charge in [-0.05, 0) is 30.9 Å². The Kier molecular flexibility index (Phi) is 4.47. The largest absolute Gasteiger partial charge is 0.477 e. The van der Waals surface area contributed by atoms with Crippen molar-refractivity contribution in [3.05, 3.63) is 23.4 Å². The quantitative estimate of drug-likeness (QED) is 0.867. The molecule has 1 aromatic rings. The van der Waals surface area contributed by atoms with Crippen LogP contribution < -0.4 is 10.5 Å². The van der Waals surface area contributed by atoms with Gasteiger partial charge in [-0.1, -0.05) is 25.1 Å². The maximum Gasteiger partial charge on any atom is 0.433 e. The van der Waals surface area contributed by atoms with E-state index in [9.17, 15) is 13.2 Å². The Morgan fingerprint density at radius 2 is 2.00 bits per heavy atom. The molecule has 0 spiro atoms. The Balaban J connectivity index is 2.20. The molecule has 0 unspecified atom stereocenters. The summed E-state index contributed by atoms with van der Waals surface area (Å²) in [4.78, 5) is 3.49. The van der Waals surface area contributed by atoms with Crippen LogP contribution in [0.15, 0.2) is 12.1 Å². The smallest absolute Gasteiger partial charge is 0.433 e. The number of alkyl halides is 3. The SMILES string of the molecule is NC(=S)c1ccc(C(F)(F)F)nc1OCC1CCCC1. The molecule has 0 amide bonds. The first-order valence-corrected chi connectivity index (χ1v) is 6.79. The van der Waals surface area contributed by atoms with E-state index in [-0.39, 0.29) is 16.4 Å². The van der Waals surface area contributed by atoms with E-state index in [0.29, 0.717) is 12.5 Å². The summed E-state index contributed by atoms with van der Waals surface area (Å²) in [6.07, 6.45) is -0.193. The van der Waals surface area contributed by atoms with Gasteiger partial charge in [-0.2, -0.15) is 13.2 Å². The second-order valence-electron chi connectivity index (χ2n) is 4.87. The first kappa shape index (κ1) is 15.0. The van der Waals surface area contributed by atoms with Crippen LogP contribution in [0, 0.1) is 5.92 Å². The maximum absolute atomic E-state index is 12.7. The summed E-state index contributed by atoms with van der Waals surface area (Å²) in [5.74, 6) is 0.241. The van der Waals surface area contributed by atoms with Gasteiger partial charge in [0.05, 0.1) is 12.2 Å². The molecule has 2 rings (SSSR count). The number of hydrogen-bond acceptors (Lipinski definition) is 3. The van der Waals surface area contributed by atoms with Crippen molar-refractivity contribution >= 4 is 17.2 Å². The van der Waals surface area contributed by atoms with E-state index in [0.717, 1.165) is 31.7 Å². The van der Waals surface area contributed by atoms with Crippen molar-refractivity contribution in [2.24, 2.45) is 11.7 Å². The third-order valence-electron chi connectivity index (χ3n) is 3.35. The van der Waals surface area contributed by atoms with E-state index in [1.54, 1.807) is 0 Å². The molecule has 3 nitrogen and oxygen atoms in total. The molecule has 1 heterocycles. The van der Waals surface area contributed by atoms with Gasteiger partial charge in [0.15, 0.2) is 0 Å². The summed E-state index contributed by atoms with van der Waals surface area (Å²) >= 11 is 4.81. The molecule has 1 aromatic heterocycles. The highest BCUT2D eigenvalue weighted by Crippen LogP contribution is 2.31. The molecule has 1 fully saturated rings. The monoisotopic (exact) mass is 304 g/mol. The van der Waals surface area contributed by atoms with Crippen LogP contribution in [0.5, 0.6) is 5.88 Å². The molecule has 0 bridgehead atoms. The highest BCUT2D eigenvalue weighted by molar-refractivity contribution is 7.80. The molecule has 2 N–H and O–H groups in total. The van der Waals surface area contributed by atoms with Gasteiger partial charge in [-0.15, -0.1) is 0 Å². The summed E-state index contributed by atoms with van der Waals surface area (Å²) in [6, 6.07) is 2.07. The molecule has 1 aliphatic rings. The average molecular weight is 304 g/mol. The number of ether oxygens (including phenoxy) is 1. The summed E-state index contributed by atoms with van der Waals surface area (Å²) in [5.41, 5.74) is 4.73. The van der Waals surface area contributed by atoms with Gasteiger partial charge in [-0.3, -0.25) is 0 Å². The molecule has 0 atom stereocenters. The lowest BCUT2D eigenvalue weighted by molar-refractivity contribution is -0.141. The summed E-state index contributed by atoms with van der Waals surface area (Å²) in [7, 11) is 0. The Labute approximate surface area is 120 Å². The van der Waals surface area contributed by atoms with Crippen LogP contribution in [0.25, 0.3) is 0 Å². The van der Waals surface area contributed by atoms with Gasteiger partial charge >= 0.3 is 6.18 Å². The topological polar surface area (TPSA) is 48.1 Å². The van der Waals surface area contributed by atoms with Gasteiger partial charge < -0.3 is 10.5 Å². The van der Waals surface area contributed by atoms with E-state index in [2.05, 4.69) is 4.98 Å². The molecule has 20 heavy (non-hydrogen) atoms.